The number of hydrogen-bond acceptors (Lipinski definition) is 5. The lowest BCUT2D eigenvalue weighted by atomic mass is 9.93. The Hall–Kier alpha value is -3.49. The van der Waals surface area contributed by atoms with Gasteiger partial charge in [0.15, 0.2) is 11.5 Å². The van der Waals surface area contributed by atoms with Crippen LogP contribution in [0.25, 0.3) is 16.8 Å². The molecular formula is C20H20N4O5. The first-order chi connectivity index (χ1) is 14.1. The van der Waals surface area contributed by atoms with Gasteiger partial charge in [-0.05, 0) is 30.5 Å². The Balaban J connectivity index is 1.54. The normalized spacial score (nSPS) is 16.9. The van der Waals surface area contributed by atoms with Crippen LogP contribution in [0.1, 0.15) is 24.5 Å². The minimum atomic E-state index is -0.903. The largest absolute Gasteiger partial charge is 0.486 e. The monoisotopic (exact) mass is 396 g/mol. The van der Waals surface area contributed by atoms with Crippen LogP contribution in [-0.4, -0.2) is 57.0 Å². The van der Waals surface area contributed by atoms with Crippen LogP contribution in [-0.2, 0) is 0 Å². The van der Waals surface area contributed by atoms with Crippen LogP contribution < -0.4 is 15.0 Å². The standard InChI is InChI=1S/C20H20N4O5/c25-18-10-15(12-3-5-23(6-4-12)20(26)27)24-19(22-18)14(11-21-24)13-1-2-16-17(9-13)29-8-7-28-16/h1-2,9-12H,3-8H2,(H,22,25)(H,26,27). The molecular weight excluding hydrogens is 376 g/mol. The number of likely N-dealkylation sites (tertiary alicyclic amines) is 1. The lowest BCUT2D eigenvalue weighted by Crippen LogP contribution is -2.37. The molecule has 9 heteroatoms. The molecule has 150 valence electrons. The first kappa shape index (κ1) is 17.6. The molecule has 1 aromatic carbocycles. The van der Waals surface area contributed by atoms with E-state index in [1.165, 1.54) is 4.90 Å². The van der Waals surface area contributed by atoms with Crippen LogP contribution in [0.4, 0.5) is 4.79 Å². The highest BCUT2D eigenvalue weighted by Crippen LogP contribution is 2.36. The van der Waals surface area contributed by atoms with Gasteiger partial charge >= 0.3 is 6.09 Å². The van der Waals surface area contributed by atoms with Gasteiger partial charge in [0.1, 0.15) is 18.9 Å². The highest BCUT2D eigenvalue weighted by Gasteiger charge is 2.26. The van der Waals surface area contributed by atoms with E-state index < -0.39 is 6.09 Å². The lowest BCUT2D eigenvalue weighted by Gasteiger charge is -2.30. The van der Waals surface area contributed by atoms with Crippen molar-refractivity contribution in [3.8, 4) is 22.6 Å². The summed E-state index contributed by atoms with van der Waals surface area (Å²) in [6.07, 6.45) is 2.14. The van der Waals surface area contributed by atoms with Crippen molar-refractivity contribution in [3.05, 3.63) is 46.5 Å². The molecule has 2 aliphatic rings. The zero-order chi connectivity index (χ0) is 20.0. The van der Waals surface area contributed by atoms with Crippen molar-refractivity contribution in [2.75, 3.05) is 26.3 Å². The number of benzene rings is 1. The Labute approximate surface area is 165 Å². The van der Waals surface area contributed by atoms with Gasteiger partial charge in [-0.15, -0.1) is 0 Å². The van der Waals surface area contributed by atoms with E-state index in [0.29, 0.717) is 56.3 Å². The number of aromatic amines is 1. The second-order valence-corrected chi connectivity index (χ2v) is 7.28. The Kier molecular flexibility index (Phi) is 4.15. The van der Waals surface area contributed by atoms with Gasteiger partial charge < -0.3 is 24.5 Å². The topological polar surface area (TPSA) is 109 Å². The minimum absolute atomic E-state index is 0.0726. The summed E-state index contributed by atoms with van der Waals surface area (Å²) in [5.41, 5.74) is 2.89. The number of hydrogen-bond donors (Lipinski definition) is 2. The molecule has 1 fully saturated rings. The Morgan fingerprint density at radius 3 is 2.66 bits per heavy atom. The molecule has 0 spiro atoms. The van der Waals surface area contributed by atoms with Crippen LogP contribution in [0.5, 0.6) is 11.5 Å². The highest BCUT2D eigenvalue weighted by atomic mass is 16.6. The molecule has 3 aromatic rings. The van der Waals surface area contributed by atoms with Crippen molar-refractivity contribution < 1.29 is 19.4 Å². The van der Waals surface area contributed by atoms with Crippen LogP contribution in [0.3, 0.4) is 0 Å². The number of piperidine rings is 1. The van der Waals surface area contributed by atoms with E-state index in [0.717, 1.165) is 16.8 Å². The van der Waals surface area contributed by atoms with E-state index in [2.05, 4.69) is 10.1 Å². The summed E-state index contributed by atoms with van der Waals surface area (Å²) in [6, 6.07) is 7.23. The second-order valence-electron chi connectivity index (χ2n) is 7.28. The van der Waals surface area contributed by atoms with E-state index >= 15 is 0 Å². The summed E-state index contributed by atoms with van der Waals surface area (Å²) in [5.74, 6) is 1.45. The fourth-order valence-corrected chi connectivity index (χ4v) is 4.09. The fraction of sp³-hybridized carbons (Fsp3) is 0.350. The summed E-state index contributed by atoms with van der Waals surface area (Å²) in [6.45, 7) is 1.93. The van der Waals surface area contributed by atoms with Crippen molar-refractivity contribution in [2.24, 2.45) is 0 Å². The number of ether oxygens (including phenoxy) is 2. The van der Waals surface area contributed by atoms with Crippen molar-refractivity contribution in [1.82, 2.24) is 19.5 Å². The molecule has 0 atom stereocenters. The first-order valence-electron chi connectivity index (χ1n) is 9.59. The number of aromatic nitrogens is 3. The Bertz CT molecular complexity index is 1140. The SMILES string of the molecule is O=C(O)N1CCC(c2cc(=O)[nH]c3c(-c4ccc5c(c4)OCCO5)cnn23)CC1. The third-order valence-corrected chi connectivity index (χ3v) is 5.57. The van der Waals surface area contributed by atoms with E-state index in [9.17, 15) is 9.59 Å². The van der Waals surface area contributed by atoms with Crippen LogP contribution in [0.2, 0.25) is 0 Å². The average Bonchev–Trinajstić information content (AvgIpc) is 3.16. The zero-order valence-corrected chi connectivity index (χ0v) is 15.6. The Morgan fingerprint density at radius 1 is 1.14 bits per heavy atom. The molecule has 0 bridgehead atoms. The second kappa shape index (κ2) is 6.84. The van der Waals surface area contributed by atoms with Gasteiger partial charge in [-0.1, -0.05) is 6.07 Å². The van der Waals surface area contributed by atoms with E-state index in [1.54, 1.807) is 16.8 Å². The van der Waals surface area contributed by atoms with Crippen LogP contribution in [0, 0.1) is 0 Å². The van der Waals surface area contributed by atoms with Gasteiger partial charge in [-0.2, -0.15) is 5.10 Å². The molecule has 5 rings (SSSR count). The number of H-pyrrole nitrogens is 1. The summed E-state index contributed by atoms with van der Waals surface area (Å²) < 4.78 is 13.0. The fourth-order valence-electron chi connectivity index (χ4n) is 4.09. The average molecular weight is 396 g/mol. The van der Waals surface area contributed by atoms with E-state index in [1.807, 2.05) is 18.2 Å². The third-order valence-electron chi connectivity index (χ3n) is 5.57. The summed E-state index contributed by atoms with van der Waals surface area (Å²) in [7, 11) is 0. The first-order valence-corrected chi connectivity index (χ1v) is 9.59. The van der Waals surface area contributed by atoms with Gasteiger partial charge in [-0.25, -0.2) is 9.31 Å². The molecule has 2 N–H and O–H groups in total. The molecule has 0 unspecified atom stereocenters. The van der Waals surface area contributed by atoms with Gasteiger partial charge in [-0.3, -0.25) is 4.79 Å². The molecule has 0 radical (unpaired) electrons. The molecule has 4 heterocycles. The van der Waals surface area contributed by atoms with Gasteiger partial charge in [0, 0.05) is 30.6 Å². The molecule has 1 amide bonds. The van der Waals surface area contributed by atoms with E-state index in [4.69, 9.17) is 14.6 Å². The summed E-state index contributed by atoms with van der Waals surface area (Å²) >= 11 is 0. The van der Waals surface area contributed by atoms with Crippen molar-refractivity contribution in [2.45, 2.75) is 18.8 Å². The number of carbonyl (C=O) groups is 1. The number of amides is 1. The van der Waals surface area contributed by atoms with Gasteiger partial charge in [0.25, 0.3) is 5.56 Å². The number of nitrogens with zero attached hydrogens (tertiary/aromatic N) is 3. The highest BCUT2D eigenvalue weighted by molar-refractivity contribution is 5.78. The van der Waals surface area contributed by atoms with Gasteiger partial charge in [0.2, 0.25) is 0 Å². The molecule has 2 aromatic heterocycles. The Morgan fingerprint density at radius 2 is 1.90 bits per heavy atom. The minimum Gasteiger partial charge on any atom is -0.486 e. The third kappa shape index (κ3) is 3.08. The van der Waals surface area contributed by atoms with Crippen molar-refractivity contribution in [1.29, 1.82) is 0 Å². The number of fused-ring (bicyclic) bond motifs is 2. The van der Waals surface area contributed by atoms with Crippen molar-refractivity contribution in [3.63, 3.8) is 0 Å². The van der Waals surface area contributed by atoms with Crippen molar-refractivity contribution >= 4 is 11.7 Å². The maximum atomic E-state index is 12.4. The predicted octanol–water partition coefficient (Wildman–Crippen LogP) is 2.32. The molecule has 2 aliphatic heterocycles. The molecule has 9 nitrogen and oxygen atoms in total. The zero-order valence-electron chi connectivity index (χ0n) is 15.6. The number of rotatable bonds is 2. The van der Waals surface area contributed by atoms with Crippen LogP contribution >= 0.6 is 0 Å². The summed E-state index contributed by atoms with van der Waals surface area (Å²) in [5, 5.41) is 13.7. The molecule has 0 saturated carbocycles. The lowest BCUT2D eigenvalue weighted by molar-refractivity contribution is 0.131. The van der Waals surface area contributed by atoms with E-state index in [-0.39, 0.29) is 11.5 Å². The number of nitrogens with one attached hydrogen (secondary N) is 1. The maximum Gasteiger partial charge on any atom is 0.407 e. The predicted molar refractivity (Wildman–Crippen MR) is 104 cm³/mol. The van der Waals surface area contributed by atoms with Crippen LogP contribution in [0.15, 0.2) is 35.3 Å². The number of carboxylic acid groups (broad SMARTS) is 1. The smallest absolute Gasteiger partial charge is 0.407 e. The molecule has 0 aliphatic carbocycles. The van der Waals surface area contributed by atoms with Gasteiger partial charge in [0.05, 0.1) is 11.9 Å². The maximum absolute atomic E-state index is 12.4. The summed E-state index contributed by atoms with van der Waals surface area (Å²) in [4.78, 5) is 27.8. The molecule has 29 heavy (non-hydrogen) atoms. The quantitative estimate of drug-likeness (QED) is 0.688. The molecule has 1 saturated heterocycles.